The van der Waals surface area contributed by atoms with Gasteiger partial charge in [-0.25, -0.2) is 0 Å². The summed E-state index contributed by atoms with van der Waals surface area (Å²) in [5, 5.41) is 0. The van der Waals surface area contributed by atoms with Crippen LogP contribution in [0.1, 0.15) is 76.0 Å². The fraction of sp³-hybridized carbons (Fsp3) is 0.593. The molecule has 0 saturated heterocycles. The molecule has 1 aromatic carbocycles. The van der Waals surface area contributed by atoms with E-state index in [2.05, 4.69) is 23.8 Å². The Kier molecular flexibility index (Phi) is 7.58. The second kappa shape index (κ2) is 10.6. The van der Waals surface area contributed by atoms with Crippen molar-refractivity contribution in [3.05, 3.63) is 47.7 Å². The van der Waals surface area contributed by atoms with Crippen LogP contribution in [0.3, 0.4) is 0 Å². The van der Waals surface area contributed by atoms with E-state index in [0.29, 0.717) is 0 Å². The Labute approximate surface area is 185 Å². The van der Waals surface area contributed by atoms with E-state index in [1.807, 2.05) is 0 Å². The molecular weight excluding hydrogens is 392 g/mol. The normalized spacial score (nSPS) is 23.5. The van der Waals surface area contributed by atoms with Gasteiger partial charge in [-0.15, -0.1) is 0 Å². The largest absolute Gasteiger partial charge is 0.435 e. The molecule has 0 unspecified atom stereocenters. The van der Waals surface area contributed by atoms with Crippen LogP contribution in [0.5, 0.6) is 5.75 Å². The Morgan fingerprint density at radius 3 is 2.42 bits per heavy atom. The summed E-state index contributed by atoms with van der Waals surface area (Å²) in [6.45, 7) is -0.506. The first-order valence-electron chi connectivity index (χ1n) is 12.2. The van der Waals surface area contributed by atoms with Gasteiger partial charge in [-0.05, 0) is 85.8 Å². The second-order valence-corrected chi connectivity index (χ2v) is 9.48. The topological polar surface area (TPSA) is 22.1 Å². The Hall–Kier alpha value is -1.97. The number of hydrogen-bond donors (Lipinski definition) is 0. The van der Waals surface area contributed by atoms with E-state index in [1.54, 1.807) is 24.3 Å². The highest BCUT2D eigenvalue weighted by Gasteiger charge is 2.30. The molecule has 2 nitrogen and oxygen atoms in total. The highest BCUT2D eigenvalue weighted by Crippen LogP contribution is 2.40. The first-order chi connectivity index (χ1) is 15.1. The van der Waals surface area contributed by atoms with Gasteiger partial charge in [-0.2, -0.15) is 8.78 Å². The van der Waals surface area contributed by atoms with Crippen LogP contribution in [0.4, 0.5) is 8.78 Å². The minimum atomic E-state index is -2.79. The summed E-state index contributed by atoms with van der Waals surface area (Å²) in [4.78, 5) is 4.92. The zero-order chi connectivity index (χ0) is 21.6. The molecule has 0 bridgehead atoms. The van der Waals surface area contributed by atoms with Gasteiger partial charge in [0.05, 0.1) is 5.69 Å². The lowest BCUT2D eigenvalue weighted by molar-refractivity contribution is -0.0498. The maximum absolute atomic E-state index is 12.3. The molecule has 0 radical (unpaired) electrons. The summed E-state index contributed by atoms with van der Waals surface area (Å²) in [5.74, 6) is 2.85. The molecule has 2 aliphatic rings. The number of unbranched alkanes of at least 4 members (excludes halogenated alkanes) is 2. The summed E-state index contributed by atoms with van der Waals surface area (Å²) in [7, 11) is 0. The van der Waals surface area contributed by atoms with Gasteiger partial charge >= 0.3 is 6.61 Å². The van der Waals surface area contributed by atoms with Crippen LogP contribution in [-0.4, -0.2) is 11.6 Å². The number of pyridine rings is 1. The fourth-order valence-electron chi connectivity index (χ4n) is 5.64. The molecule has 2 aromatic rings. The van der Waals surface area contributed by atoms with E-state index in [9.17, 15) is 8.78 Å². The third-order valence-corrected chi connectivity index (χ3v) is 7.45. The molecule has 0 amide bonds. The van der Waals surface area contributed by atoms with Crippen LogP contribution in [0.2, 0.25) is 0 Å². The van der Waals surface area contributed by atoms with E-state index in [4.69, 9.17) is 4.98 Å². The number of aromatic nitrogens is 1. The Bertz CT molecular complexity index is 828. The standard InChI is InChI=1S/C27H35F2NO/c1-2-3-4-5-19-6-8-20(9-7-19)22-12-16-26-23(18-22)13-17-25(30-26)21-10-14-24(15-11-21)31-27(28)29/h10-11,13-15,17,19-20,22,27H,2-9,12,16,18H2,1H3/t19?,20?,22-/m1/s1. The lowest BCUT2D eigenvalue weighted by atomic mass is 9.70. The van der Waals surface area contributed by atoms with Crippen molar-refractivity contribution in [3.8, 4) is 17.0 Å². The highest BCUT2D eigenvalue weighted by atomic mass is 19.3. The van der Waals surface area contributed by atoms with Crippen molar-refractivity contribution in [2.24, 2.45) is 17.8 Å². The number of benzene rings is 1. The number of aryl methyl sites for hydroxylation is 1. The molecule has 0 aliphatic heterocycles. The average Bonchev–Trinajstić information content (AvgIpc) is 2.79. The van der Waals surface area contributed by atoms with Crippen molar-refractivity contribution in [1.29, 1.82) is 0 Å². The summed E-state index contributed by atoms with van der Waals surface area (Å²) < 4.78 is 29.1. The number of nitrogens with zero attached hydrogens (tertiary/aromatic N) is 1. The van der Waals surface area contributed by atoms with Crippen molar-refractivity contribution in [2.75, 3.05) is 0 Å². The average molecular weight is 428 g/mol. The van der Waals surface area contributed by atoms with Crippen LogP contribution >= 0.6 is 0 Å². The third kappa shape index (κ3) is 5.84. The van der Waals surface area contributed by atoms with Gasteiger partial charge in [0.15, 0.2) is 0 Å². The Morgan fingerprint density at radius 1 is 0.935 bits per heavy atom. The van der Waals surface area contributed by atoms with E-state index in [-0.39, 0.29) is 5.75 Å². The predicted octanol–water partition coefficient (Wildman–Crippen LogP) is 7.84. The van der Waals surface area contributed by atoms with Crippen LogP contribution in [-0.2, 0) is 12.8 Å². The molecular formula is C27H35F2NO. The maximum Gasteiger partial charge on any atom is 0.387 e. The zero-order valence-electron chi connectivity index (χ0n) is 18.7. The smallest absolute Gasteiger partial charge is 0.387 e. The highest BCUT2D eigenvalue weighted by molar-refractivity contribution is 5.60. The minimum absolute atomic E-state index is 0.180. The van der Waals surface area contributed by atoms with Gasteiger partial charge < -0.3 is 4.74 Å². The zero-order valence-corrected chi connectivity index (χ0v) is 18.7. The third-order valence-electron chi connectivity index (χ3n) is 7.45. The number of ether oxygens (including phenoxy) is 1. The van der Waals surface area contributed by atoms with E-state index in [1.165, 1.54) is 69.0 Å². The summed E-state index contributed by atoms with van der Waals surface area (Å²) in [6.07, 6.45) is 14.7. The van der Waals surface area contributed by atoms with Gasteiger partial charge in [-0.3, -0.25) is 4.98 Å². The summed E-state index contributed by atoms with van der Waals surface area (Å²) in [5.41, 5.74) is 4.47. The number of fused-ring (bicyclic) bond motifs is 1. The van der Waals surface area contributed by atoms with Gasteiger partial charge in [-0.1, -0.05) is 51.5 Å². The van der Waals surface area contributed by atoms with Crippen molar-refractivity contribution >= 4 is 0 Å². The lowest BCUT2D eigenvalue weighted by Crippen LogP contribution is -2.27. The van der Waals surface area contributed by atoms with Crippen LogP contribution in [0.15, 0.2) is 36.4 Å². The number of alkyl halides is 2. The molecule has 1 heterocycles. The first kappa shape index (κ1) is 22.2. The number of rotatable bonds is 8. The van der Waals surface area contributed by atoms with Gasteiger partial charge in [0, 0.05) is 11.3 Å². The number of hydrogen-bond acceptors (Lipinski definition) is 2. The summed E-state index contributed by atoms with van der Waals surface area (Å²) >= 11 is 0. The van der Waals surface area contributed by atoms with Crippen LogP contribution in [0, 0.1) is 17.8 Å². The van der Waals surface area contributed by atoms with Gasteiger partial charge in [0.2, 0.25) is 0 Å². The van der Waals surface area contributed by atoms with Crippen LogP contribution in [0.25, 0.3) is 11.3 Å². The molecule has 1 fully saturated rings. The quantitative estimate of drug-likeness (QED) is 0.400. The van der Waals surface area contributed by atoms with Crippen molar-refractivity contribution in [1.82, 2.24) is 4.98 Å². The van der Waals surface area contributed by atoms with Crippen molar-refractivity contribution in [2.45, 2.75) is 84.2 Å². The Balaban J connectivity index is 1.33. The molecule has 1 atom stereocenters. The molecule has 4 rings (SSSR count). The minimum Gasteiger partial charge on any atom is -0.435 e. The summed E-state index contributed by atoms with van der Waals surface area (Å²) in [6, 6.07) is 11.1. The van der Waals surface area contributed by atoms with E-state index < -0.39 is 6.61 Å². The second-order valence-electron chi connectivity index (χ2n) is 9.48. The monoisotopic (exact) mass is 427 g/mol. The van der Waals surface area contributed by atoms with E-state index >= 15 is 0 Å². The SMILES string of the molecule is CCCCCC1CCC([C@@H]2CCc3nc(-c4ccc(OC(F)F)cc4)ccc3C2)CC1. The molecule has 0 N–H and O–H groups in total. The maximum atomic E-state index is 12.3. The predicted molar refractivity (Wildman–Crippen MR) is 121 cm³/mol. The van der Waals surface area contributed by atoms with Gasteiger partial charge in [0.1, 0.15) is 5.75 Å². The molecule has 0 spiro atoms. The molecule has 168 valence electrons. The molecule has 1 saturated carbocycles. The van der Waals surface area contributed by atoms with Crippen LogP contribution < -0.4 is 4.74 Å². The molecule has 2 aliphatic carbocycles. The fourth-order valence-corrected chi connectivity index (χ4v) is 5.64. The number of halogens is 2. The van der Waals surface area contributed by atoms with E-state index in [0.717, 1.165) is 41.9 Å². The lowest BCUT2D eigenvalue weighted by Gasteiger charge is -2.36. The molecule has 4 heteroatoms. The Morgan fingerprint density at radius 2 is 1.71 bits per heavy atom. The van der Waals surface area contributed by atoms with Gasteiger partial charge in [0.25, 0.3) is 0 Å². The van der Waals surface area contributed by atoms with Crippen molar-refractivity contribution in [3.63, 3.8) is 0 Å². The van der Waals surface area contributed by atoms with Crippen molar-refractivity contribution < 1.29 is 13.5 Å². The molecule has 31 heavy (non-hydrogen) atoms. The molecule has 1 aromatic heterocycles. The first-order valence-corrected chi connectivity index (χ1v) is 12.2.